The van der Waals surface area contributed by atoms with Gasteiger partial charge in [-0.1, -0.05) is 0 Å². The molecule has 11 nitrogen and oxygen atoms in total. The van der Waals surface area contributed by atoms with Crippen LogP contribution in [-0.4, -0.2) is 77.3 Å². The standard InChI is InChI=1S/C21H28FN5O6S/c1-21(2,3)33-20(29)26-6-5-17(16(22)11-26)32-19-15(18(23)28)7-13(8-24-19)14-9-25-27(10-14)12-34(4,30)31/h7-10,16-17H,5-6,11-12H2,1-4H3,(H2,23,28). The number of carbonyl (C=O) groups is 2. The Morgan fingerprint density at radius 3 is 2.56 bits per heavy atom. The van der Waals surface area contributed by atoms with E-state index in [9.17, 15) is 22.4 Å². The van der Waals surface area contributed by atoms with Crippen LogP contribution in [0.25, 0.3) is 11.1 Å². The molecule has 1 aliphatic rings. The summed E-state index contributed by atoms with van der Waals surface area (Å²) in [6.07, 6.45) is 2.50. The molecule has 2 atom stereocenters. The fourth-order valence-corrected chi connectivity index (χ4v) is 3.98. The van der Waals surface area contributed by atoms with E-state index in [1.165, 1.54) is 34.2 Å². The summed E-state index contributed by atoms with van der Waals surface area (Å²) in [6.45, 7) is 5.17. The normalized spacial score (nSPS) is 19.0. The highest BCUT2D eigenvalue weighted by molar-refractivity contribution is 7.89. The van der Waals surface area contributed by atoms with Crippen LogP contribution in [0.1, 0.15) is 37.6 Å². The van der Waals surface area contributed by atoms with Gasteiger partial charge in [0.25, 0.3) is 5.91 Å². The van der Waals surface area contributed by atoms with Crippen LogP contribution in [0.2, 0.25) is 0 Å². The summed E-state index contributed by atoms with van der Waals surface area (Å²) in [5.41, 5.74) is 5.70. The third-order valence-electron chi connectivity index (χ3n) is 4.85. The first-order valence-corrected chi connectivity index (χ1v) is 12.6. The number of piperidine rings is 1. The predicted molar refractivity (Wildman–Crippen MR) is 121 cm³/mol. The van der Waals surface area contributed by atoms with Crippen molar-refractivity contribution in [2.45, 2.75) is 50.9 Å². The Morgan fingerprint density at radius 1 is 1.26 bits per heavy atom. The molecule has 2 aromatic rings. The summed E-state index contributed by atoms with van der Waals surface area (Å²) in [7, 11) is -3.29. The summed E-state index contributed by atoms with van der Waals surface area (Å²) in [6, 6.07) is 1.43. The summed E-state index contributed by atoms with van der Waals surface area (Å²) in [5.74, 6) is -1.25. The van der Waals surface area contributed by atoms with Crippen molar-refractivity contribution in [2.24, 2.45) is 5.73 Å². The third kappa shape index (κ3) is 6.65. The molecule has 0 bridgehead atoms. The number of halogens is 1. The number of likely N-dealkylation sites (tertiary alicyclic amines) is 1. The van der Waals surface area contributed by atoms with Gasteiger partial charge in [0.05, 0.1) is 12.7 Å². The van der Waals surface area contributed by atoms with Gasteiger partial charge in [-0.3, -0.25) is 9.48 Å². The van der Waals surface area contributed by atoms with Gasteiger partial charge >= 0.3 is 6.09 Å². The lowest BCUT2D eigenvalue weighted by molar-refractivity contribution is -0.0115. The molecule has 3 rings (SSSR count). The van der Waals surface area contributed by atoms with Crippen LogP contribution in [0.5, 0.6) is 5.88 Å². The molecule has 2 amide bonds. The van der Waals surface area contributed by atoms with Gasteiger partial charge in [0, 0.05) is 42.7 Å². The molecule has 2 unspecified atom stereocenters. The highest BCUT2D eigenvalue weighted by atomic mass is 32.2. The van der Waals surface area contributed by atoms with Gasteiger partial charge in [0.1, 0.15) is 23.1 Å². The molecule has 1 aliphatic heterocycles. The highest BCUT2D eigenvalue weighted by Crippen LogP contribution is 2.27. The van der Waals surface area contributed by atoms with Gasteiger partial charge in [-0.25, -0.2) is 22.6 Å². The van der Waals surface area contributed by atoms with E-state index in [0.29, 0.717) is 11.1 Å². The number of primary amides is 1. The number of carbonyl (C=O) groups excluding carboxylic acids is 2. The molecule has 34 heavy (non-hydrogen) atoms. The molecule has 0 radical (unpaired) electrons. The van der Waals surface area contributed by atoms with Crippen molar-refractivity contribution in [3.63, 3.8) is 0 Å². The predicted octanol–water partition coefficient (Wildman–Crippen LogP) is 1.77. The average molecular weight is 498 g/mol. The van der Waals surface area contributed by atoms with Crippen molar-refractivity contribution in [3.8, 4) is 17.0 Å². The van der Waals surface area contributed by atoms with Crippen molar-refractivity contribution in [1.82, 2.24) is 19.7 Å². The lowest BCUT2D eigenvalue weighted by Crippen LogP contribution is -2.50. The van der Waals surface area contributed by atoms with Gasteiger partial charge in [0.2, 0.25) is 5.88 Å². The maximum Gasteiger partial charge on any atom is 0.410 e. The van der Waals surface area contributed by atoms with Crippen molar-refractivity contribution < 1.29 is 31.9 Å². The minimum atomic E-state index is -3.29. The van der Waals surface area contributed by atoms with Crippen molar-refractivity contribution in [1.29, 1.82) is 0 Å². The van der Waals surface area contributed by atoms with E-state index in [0.717, 1.165) is 6.26 Å². The van der Waals surface area contributed by atoms with E-state index < -0.39 is 39.7 Å². The minimum Gasteiger partial charge on any atom is -0.471 e. The molecule has 186 valence electrons. The van der Waals surface area contributed by atoms with Crippen molar-refractivity contribution >= 4 is 21.8 Å². The van der Waals surface area contributed by atoms with Crippen LogP contribution in [0.3, 0.4) is 0 Å². The topological polar surface area (TPSA) is 147 Å². The van der Waals surface area contributed by atoms with E-state index in [2.05, 4.69) is 10.1 Å². The van der Waals surface area contributed by atoms with E-state index in [4.69, 9.17) is 15.2 Å². The monoisotopic (exact) mass is 497 g/mol. The van der Waals surface area contributed by atoms with Crippen LogP contribution in [0.4, 0.5) is 9.18 Å². The van der Waals surface area contributed by atoms with Gasteiger partial charge in [0.15, 0.2) is 16.0 Å². The number of nitrogens with two attached hydrogens (primary N) is 1. The van der Waals surface area contributed by atoms with Crippen LogP contribution in [0.15, 0.2) is 24.7 Å². The van der Waals surface area contributed by atoms with E-state index in [1.54, 1.807) is 20.8 Å². The number of nitrogens with zero attached hydrogens (tertiary/aromatic N) is 4. The first kappa shape index (κ1) is 25.4. The molecule has 0 spiro atoms. The molecule has 0 aliphatic carbocycles. The Labute approximate surface area is 196 Å². The smallest absolute Gasteiger partial charge is 0.410 e. The second kappa shape index (κ2) is 9.57. The number of hydrogen-bond acceptors (Lipinski definition) is 8. The Morgan fingerprint density at radius 2 is 1.97 bits per heavy atom. The van der Waals surface area contributed by atoms with E-state index >= 15 is 0 Å². The highest BCUT2D eigenvalue weighted by Gasteiger charge is 2.35. The molecule has 2 N–H and O–H groups in total. The Balaban J connectivity index is 1.73. The minimum absolute atomic E-state index is 0.0601. The number of pyridine rings is 1. The van der Waals surface area contributed by atoms with Gasteiger partial charge in [-0.15, -0.1) is 0 Å². The molecule has 3 heterocycles. The Kier molecular flexibility index (Phi) is 7.15. The lowest BCUT2D eigenvalue weighted by Gasteiger charge is -2.35. The maximum absolute atomic E-state index is 14.8. The Bertz CT molecular complexity index is 1180. The van der Waals surface area contributed by atoms with E-state index in [1.807, 2.05) is 0 Å². The SMILES string of the molecule is CC(C)(C)OC(=O)N1CCC(Oc2ncc(-c3cnn(CS(C)(=O)=O)c3)cc2C(N)=O)C(F)C1. The Hall–Kier alpha value is -3.22. The van der Waals surface area contributed by atoms with Crippen LogP contribution < -0.4 is 10.5 Å². The molecule has 1 saturated heterocycles. The molecule has 13 heteroatoms. The average Bonchev–Trinajstić information content (AvgIpc) is 3.14. The van der Waals surface area contributed by atoms with Crippen LogP contribution in [-0.2, 0) is 20.5 Å². The largest absolute Gasteiger partial charge is 0.471 e. The molecule has 0 aromatic carbocycles. The van der Waals surface area contributed by atoms with Crippen molar-refractivity contribution in [2.75, 3.05) is 19.3 Å². The fourth-order valence-electron chi connectivity index (χ4n) is 3.36. The summed E-state index contributed by atoms with van der Waals surface area (Å²) in [5, 5.41) is 3.99. The molecule has 0 saturated carbocycles. The van der Waals surface area contributed by atoms with Crippen LogP contribution >= 0.6 is 0 Å². The number of rotatable bonds is 6. The molecular formula is C21H28FN5O6S. The number of sulfone groups is 1. The van der Waals surface area contributed by atoms with Gasteiger partial charge in [-0.2, -0.15) is 5.10 Å². The number of amides is 2. The molecular weight excluding hydrogens is 469 g/mol. The molecule has 2 aromatic heterocycles. The third-order valence-corrected chi connectivity index (χ3v) is 5.58. The summed E-state index contributed by atoms with van der Waals surface area (Å²) >= 11 is 0. The number of alkyl halides is 1. The second-order valence-corrected chi connectivity index (χ2v) is 11.3. The lowest BCUT2D eigenvalue weighted by atomic mass is 10.1. The van der Waals surface area contributed by atoms with Crippen LogP contribution in [0, 0.1) is 0 Å². The quantitative estimate of drug-likeness (QED) is 0.635. The van der Waals surface area contributed by atoms with Gasteiger partial charge in [-0.05, 0) is 26.8 Å². The van der Waals surface area contributed by atoms with E-state index in [-0.39, 0.29) is 36.8 Å². The summed E-state index contributed by atoms with van der Waals surface area (Å²) < 4.78 is 49.9. The number of ether oxygens (including phenoxy) is 2. The second-order valence-electron chi connectivity index (χ2n) is 9.15. The first-order valence-electron chi connectivity index (χ1n) is 10.5. The maximum atomic E-state index is 14.8. The first-order chi connectivity index (χ1) is 15.7. The fraction of sp³-hybridized carbons (Fsp3) is 0.524. The zero-order valence-corrected chi connectivity index (χ0v) is 20.2. The van der Waals surface area contributed by atoms with Crippen molar-refractivity contribution in [3.05, 3.63) is 30.2 Å². The number of hydrogen-bond donors (Lipinski definition) is 1. The molecule has 1 fully saturated rings. The van der Waals surface area contributed by atoms with Gasteiger partial charge < -0.3 is 20.1 Å². The zero-order valence-electron chi connectivity index (χ0n) is 19.4. The zero-order chi connectivity index (χ0) is 25.3. The number of aromatic nitrogens is 3. The summed E-state index contributed by atoms with van der Waals surface area (Å²) in [4.78, 5) is 29.6.